The lowest BCUT2D eigenvalue weighted by Crippen LogP contribution is -2.26. The molecule has 1 aromatic rings. The third-order valence-corrected chi connectivity index (χ3v) is 3.00. The highest BCUT2D eigenvalue weighted by atomic mass is 16.5. The van der Waals surface area contributed by atoms with Crippen LogP contribution >= 0.6 is 0 Å². The fourth-order valence-electron chi connectivity index (χ4n) is 2.04. The Kier molecular flexibility index (Phi) is 5.86. The highest BCUT2D eigenvalue weighted by molar-refractivity contribution is 5.77. The van der Waals surface area contributed by atoms with Crippen LogP contribution in [0.15, 0.2) is 18.2 Å². The summed E-state index contributed by atoms with van der Waals surface area (Å²) >= 11 is 0. The number of hydrogen-bond donors (Lipinski definition) is 0. The Morgan fingerprint density at radius 3 is 2.67 bits per heavy atom. The lowest BCUT2D eigenvalue weighted by molar-refractivity contribution is -0.117. The first-order valence-corrected chi connectivity index (χ1v) is 6.40. The lowest BCUT2D eigenvalue weighted by atomic mass is 10.1. The second-order valence-corrected chi connectivity index (χ2v) is 4.69. The molecule has 0 saturated heterocycles. The molecule has 1 aromatic carbocycles. The number of ether oxygens (including phenoxy) is 1. The predicted octanol–water partition coefficient (Wildman–Crippen LogP) is 2.32. The smallest absolute Gasteiger partial charge is 0.143 e. The van der Waals surface area contributed by atoms with Crippen molar-refractivity contribution in [2.45, 2.75) is 26.7 Å². The van der Waals surface area contributed by atoms with E-state index in [1.807, 2.05) is 13.1 Å². The highest BCUT2D eigenvalue weighted by Crippen LogP contribution is 2.20. The van der Waals surface area contributed by atoms with Gasteiger partial charge in [-0.3, -0.25) is 9.69 Å². The van der Waals surface area contributed by atoms with Gasteiger partial charge in [0.1, 0.15) is 11.5 Å². The van der Waals surface area contributed by atoms with Gasteiger partial charge in [0.05, 0.1) is 13.7 Å². The molecule has 0 spiro atoms. The molecule has 0 radical (unpaired) electrons. The normalized spacial score (nSPS) is 10.7. The number of carbonyl (C=O) groups excluding carboxylic acids is 1. The Labute approximate surface area is 110 Å². The number of benzene rings is 1. The largest absolute Gasteiger partial charge is 0.496 e. The number of carbonyl (C=O) groups is 1. The van der Waals surface area contributed by atoms with Gasteiger partial charge in [-0.1, -0.05) is 19.1 Å². The zero-order valence-corrected chi connectivity index (χ0v) is 11.8. The molecule has 0 unspecified atom stereocenters. The van der Waals surface area contributed by atoms with Crippen LogP contribution in [0.25, 0.3) is 0 Å². The number of nitrogens with zero attached hydrogens (tertiary/aromatic N) is 1. The molecule has 0 fully saturated rings. The molecule has 1 rings (SSSR count). The second kappa shape index (κ2) is 7.17. The van der Waals surface area contributed by atoms with Gasteiger partial charge in [0.25, 0.3) is 0 Å². The van der Waals surface area contributed by atoms with Crippen LogP contribution in [0.2, 0.25) is 0 Å². The Morgan fingerprint density at radius 1 is 1.39 bits per heavy atom. The van der Waals surface area contributed by atoms with Crippen molar-refractivity contribution in [2.75, 3.05) is 27.2 Å². The van der Waals surface area contributed by atoms with Crippen molar-refractivity contribution >= 4 is 5.78 Å². The monoisotopic (exact) mass is 249 g/mol. The number of likely N-dealkylation sites (N-methyl/N-ethyl adjacent to an activating group) is 1. The summed E-state index contributed by atoms with van der Waals surface area (Å²) in [6.45, 7) is 5.18. The number of hydrogen-bond acceptors (Lipinski definition) is 3. The zero-order chi connectivity index (χ0) is 13.5. The average molecular weight is 249 g/mol. The first-order valence-electron chi connectivity index (χ1n) is 6.40. The van der Waals surface area contributed by atoms with Crippen LogP contribution in [0.5, 0.6) is 5.75 Å². The topological polar surface area (TPSA) is 29.5 Å². The molecule has 18 heavy (non-hydrogen) atoms. The Hall–Kier alpha value is -1.35. The van der Waals surface area contributed by atoms with E-state index < -0.39 is 0 Å². The number of methoxy groups -OCH3 is 1. The number of Topliss-reactive ketones (excluding diaryl/α,β-unsaturated/α-hetero) is 1. The molecule has 3 nitrogen and oxygen atoms in total. The first kappa shape index (κ1) is 14.7. The van der Waals surface area contributed by atoms with E-state index in [1.165, 1.54) is 11.1 Å². The van der Waals surface area contributed by atoms with Crippen molar-refractivity contribution in [3.8, 4) is 5.75 Å². The summed E-state index contributed by atoms with van der Waals surface area (Å²) < 4.78 is 5.31. The molecule has 0 heterocycles. The van der Waals surface area contributed by atoms with Gasteiger partial charge < -0.3 is 4.74 Å². The maximum absolute atomic E-state index is 11.0. The summed E-state index contributed by atoms with van der Waals surface area (Å²) in [6, 6.07) is 6.32. The average Bonchev–Trinajstić information content (AvgIpc) is 2.35. The van der Waals surface area contributed by atoms with E-state index in [0.717, 1.165) is 25.1 Å². The van der Waals surface area contributed by atoms with Crippen molar-refractivity contribution in [2.24, 2.45) is 0 Å². The van der Waals surface area contributed by atoms with Crippen LogP contribution in [0.1, 0.15) is 25.0 Å². The maximum atomic E-state index is 11.0. The van der Waals surface area contributed by atoms with Gasteiger partial charge in [-0.2, -0.15) is 0 Å². The van der Waals surface area contributed by atoms with Crippen LogP contribution in [0.3, 0.4) is 0 Å². The summed E-state index contributed by atoms with van der Waals surface area (Å²) in [5.41, 5.74) is 2.53. The van der Waals surface area contributed by atoms with Crippen LogP contribution in [0.4, 0.5) is 0 Å². The summed E-state index contributed by atoms with van der Waals surface area (Å²) in [5.74, 6) is 1.17. The van der Waals surface area contributed by atoms with Crippen LogP contribution in [-0.4, -0.2) is 37.9 Å². The molecule has 0 amide bonds. The van der Waals surface area contributed by atoms with E-state index in [1.54, 1.807) is 14.0 Å². The van der Waals surface area contributed by atoms with Crippen molar-refractivity contribution in [3.05, 3.63) is 29.3 Å². The van der Waals surface area contributed by atoms with Crippen LogP contribution in [0, 0.1) is 0 Å². The maximum Gasteiger partial charge on any atom is 0.143 e. The van der Waals surface area contributed by atoms with Gasteiger partial charge in [0.2, 0.25) is 0 Å². The minimum absolute atomic E-state index is 0.210. The second-order valence-electron chi connectivity index (χ2n) is 4.69. The van der Waals surface area contributed by atoms with Gasteiger partial charge in [-0.25, -0.2) is 0 Å². The number of aryl methyl sites for hydroxylation is 1. The Morgan fingerprint density at radius 2 is 2.11 bits per heavy atom. The van der Waals surface area contributed by atoms with Crippen LogP contribution < -0.4 is 4.74 Å². The molecule has 0 aromatic heterocycles. The zero-order valence-electron chi connectivity index (χ0n) is 11.8. The van der Waals surface area contributed by atoms with E-state index in [0.29, 0.717) is 6.54 Å². The molecule has 0 aliphatic heterocycles. The first-order chi connectivity index (χ1) is 8.56. The molecule has 3 heteroatoms. The van der Waals surface area contributed by atoms with Crippen molar-refractivity contribution in [1.82, 2.24) is 4.90 Å². The fourth-order valence-corrected chi connectivity index (χ4v) is 2.04. The van der Waals surface area contributed by atoms with Gasteiger partial charge in [0.15, 0.2) is 0 Å². The minimum atomic E-state index is 0.210. The molecular weight excluding hydrogens is 226 g/mol. The third-order valence-electron chi connectivity index (χ3n) is 3.00. The number of rotatable bonds is 7. The summed E-state index contributed by atoms with van der Waals surface area (Å²) in [4.78, 5) is 13.0. The van der Waals surface area contributed by atoms with Gasteiger partial charge in [-0.05, 0) is 44.0 Å². The van der Waals surface area contributed by atoms with E-state index in [9.17, 15) is 4.79 Å². The van der Waals surface area contributed by atoms with Gasteiger partial charge in [0, 0.05) is 6.54 Å². The van der Waals surface area contributed by atoms with E-state index in [-0.39, 0.29) is 5.78 Å². The van der Waals surface area contributed by atoms with Gasteiger partial charge in [-0.15, -0.1) is 0 Å². The predicted molar refractivity (Wildman–Crippen MR) is 74.3 cm³/mol. The van der Waals surface area contributed by atoms with Crippen molar-refractivity contribution in [3.63, 3.8) is 0 Å². The van der Waals surface area contributed by atoms with E-state index >= 15 is 0 Å². The summed E-state index contributed by atoms with van der Waals surface area (Å²) in [7, 11) is 3.68. The van der Waals surface area contributed by atoms with E-state index in [4.69, 9.17) is 4.74 Å². The lowest BCUT2D eigenvalue weighted by Gasteiger charge is -2.15. The quantitative estimate of drug-likeness (QED) is 0.742. The fraction of sp³-hybridized carbons (Fsp3) is 0.533. The van der Waals surface area contributed by atoms with Crippen molar-refractivity contribution in [1.29, 1.82) is 0 Å². The SMILES string of the molecule is CCc1cc(CCN(C)CC(C)=O)ccc1OC. The Balaban J connectivity index is 2.60. The molecule has 0 aliphatic carbocycles. The third kappa shape index (κ3) is 4.49. The molecule has 100 valence electrons. The highest BCUT2D eigenvalue weighted by Gasteiger charge is 2.05. The van der Waals surface area contributed by atoms with Gasteiger partial charge >= 0.3 is 0 Å². The molecule has 0 bridgehead atoms. The summed E-state index contributed by atoms with van der Waals surface area (Å²) in [5, 5.41) is 0. The molecular formula is C15H23NO2. The standard InChI is InChI=1S/C15H23NO2/c1-5-14-10-13(6-7-15(14)18-4)8-9-16(3)11-12(2)17/h6-7,10H,5,8-9,11H2,1-4H3. The van der Waals surface area contributed by atoms with Crippen molar-refractivity contribution < 1.29 is 9.53 Å². The van der Waals surface area contributed by atoms with E-state index in [2.05, 4.69) is 24.0 Å². The number of ketones is 1. The van der Waals surface area contributed by atoms with Crippen LogP contribution in [-0.2, 0) is 17.6 Å². The Bertz CT molecular complexity index is 401. The minimum Gasteiger partial charge on any atom is -0.496 e. The molecule has 0 atom stereocenters. The molecule has 0 N–H and O–H groups in total. The summed E-state index contributed by atoms with van der Waals surface area (Å²) in [6.07, 6.45) is 1.93. The molecule has 0 saturated carbocycles. The molecule has 0 aliphatic rings.